The summed E-state index contributed by atoms with van der Waals surface area (Å²) in [7, 11) is 0. The van der Waals surface area contributed by atoms with Crippen LogP contribution in [-0.4, -0.2) is 38.0 Å². The second-order valence-corrected chi connectivity index (χ2v) is 9.10. The molecule has 1 rings (SSSR count). The minimum absolute atomic E-state index is 0.0210. The Balaban J connectivity index is 2.21. The molecule has 0 aromatic rings. The number of amides is 1. The van der Waals surface area contributed by atoms with Gasteiger partial charge in [-0.25, -0.2) is 4.79 Å². The highest BCUT2D eigenvalue weighted by molar-refractivity contribution is 8.41. The summed E-state index contributed by atoms with van der Waals surface area (Å²) in [4.78, 5) is 22.5. The summed E-state index contributed by atoms with van der Waals surface area (Å²) < 4.78 is 8.08. The number of hydrogen-bond donors (Lipinski definition) is 2. The lowest BCUT2D eigenvalue weighted by Gasteiger charge is -2.35. The van der Waals surface area contributed by atoms with Crippen LogP contribution >= 0.6 is 71.4 Å². The van der Waals surface area contributed by atoms with Crippen molar-refractivity contribution < 1.29 is 19.1 Å². The van der Waals surface area contributed by atoms with Crippen molar-refractivity contribution in [3.05, 3.63) is 0 Å². The topological polar surface area (TPSA) is 64.6 Å². The van der Waals surface area contributed by atoms with Crippen molar-refractivity contribution in [3.8, 4) is 0 Å². The van der Waals surface area contributed by atoms with Gasteiger partial charge in [0.1, 0.15) is 10.1 Å². The molecule has 2 unspecified atom stereocenters. The van der Waals surface area contributed by atoms with Crippen LogP contribution in [0.25, 0.3) is 0 Å². The predicted molar refractivity (Wildman–Crippen MR) is 86.8 cm³/mol. The Hall–Kier alpha value is 0.400. The first-order valence-corrected chi connectivity index (χ1v) is 8.12. The molecule has 1 heterocycles. The van der Waals surface area contributed by atoms with E-state index in [2.05, 4.69) is 22.7 Å². The third kappa shape index (κ3) is 6.91. The lowest BCUT2D eigenvalue weighted by atomic mass is 9.98. The van der Waals surface area contributed by atoms with E-state index in [1.807, 2.05) is 0 Å². The zero-order valence-electron chi connectivity index (χ0n) is 9.81. The highest BCUT2D eigenvalue weighted by Crippen LogP contribution is 2.30. The van der Waals surface area contributed by atoms with Gasteiger partial charge in [-0.2, -0.15) is 0 Å². The standard InChI is InChI=1S/C9H10Cl3NO4S3/c10-9(11,12)3-17-7(15)16-2-1-4-5(14)13-6(4)20-8(18)19/h4,6H,1-3H2,(H,13,14)(H,18,19). The van der Waals surface area contributed by atoms with E-state index in [0.29, 0.717) is 9.95 Å². The molecule has 0 aromatic carbocycles. The maximum atomic E-state index is 11.3. The van der Waals surface area contributed by atoms with E-state index in [9.17, 15) is 9.59 Å². The number of halogens is 3. The van der Waals surface area contributed by atoms with E-state index in [1.54, 1.807) is 0 Å². The molecule has 1 aliphatic rings. The van der Waals surface area contributed by atoms with Crippen LogP contribution in [0.4, 0.5) is 4.79 Å². The molecule has 0 bridgehead atoms. The van der Waals surface area contributed by atoms with Crippen molar-refractivity contribution in [1.82, 2.24) is 5.32 Å². The average Bonchev–Trinajstić information content (AvgIpc) is 2.30. The van der Waals surface area contributed by atoms with E-state index >= 15 is 0 Å². The number of thiol groups is 1. The van der Waals surface area contributed by atoms with Crippen molar-refractivity contribution in [3.63, 3.8) is 0 Å². The van der Waals surface area contributed by atoms with Gasteiger partial charge in [0.15, 0.2) is 0 Å². The van der Waals surface area contributed by atoms with Gasteiger partial charge in [-0.3, -0.25) is 4.79 Å². The van der Waals surface area contributed by atoms with E-state index < -0.39 is 16.6 Å². The van der Waals surface area contributed by atoms with Gasteiger partial charge in [0.2, 0.25) is 9.70 Å². The molecule has 1 aliphatic heterocycles. The lowest BCUT2D eigenvalue weighted by Crippen LogP contribution is -2.56. The molecule has 0 aromatic heterocycles. The quantitative estimate of drug-likeness (QED) is 0.244. The maximum absolute atomic E-state index is 11.3. The Bertz CT molecular complexity index is 404. The molecule has 0 saturated carbocycles. The van der Waals surface area contributed by atoms with Gasteiger partial charge in [0.05, 0.1) is 17.9 Å². The number of carbonyl (C=O) groups excluding carboxylic acids is 2. The van der Waals surface area contributed by atoms with Gasteiger partial charge in [0.25, 0.3) is 0 Å². The molecule has 0 aliphatic carbocycles. The number of β-lactam (4-membered cyclic amide) rings is 1. The molecular formula is C9H10Cl3NO4S3. The Morgan fingerprint density at radius 3 is 2.60 bits per heavy atom. The summed E-state index contributed by atoms with van der Waals surface area (Å²) in [5.74, 6) is -0.406. The summed E-state index contributed by atoms with van der Waals surface area (Å²) >= 11 is 26.3. The smallest absolute Gasteiger partial charge is 0.434 e. The molecule has 1 fully saturated rings. The van der Waals surface area contributed by atoms with Crippen molar-refractivity contribution in [2.24, 2.45) is 5.92 Å². The number of ether oxygens (including phenoxy) is 2. The maximum Gasteiger partial charge on any atom is 0.508 e. The first-order valence-electron chi connectivity index (χ1n) is 5.25. The Morgan fingerprint density at radius 1 is 1.45 bits per heavy atom. The molecule has 20 heavy (non-hydrogen) atoms. The molecule has 11 heteroatoms. The van der Waals surface area contributed by atoms with Crippen molar-refractivity contribution in [1.29, 1.82) is 0 Å². The van der Waals surface area contributed by atoms with Crippen LogP contribution in [-0.2, 0) is 14.3 Å². The fourth-order valence-electron chi connectivity index (χ4n) is 1.34. The molecule has 1 N–H and O–H groups in total. The SMILES string of the molecule is O=C(OCCC1C(=O)NC1SC(=S)S)OCC(Cl)(Cl)Cl. The third-order valence-corrected chi connectivity index (χ3v) is 4.05. The number of thioether (sulfide) groups is 1. The fourth-order valence-corrected chi connectivity index (χ4v) is 2.98. The van der Waals surface area contributed by atoms with Gasteiger partial charge in [-0.1, -0.05) is 58.8 Å². The summed E-state index contributed by atoms with van der Waals surface area (Å²) in [6, 6.07) is 0. The minimum atomic E-state index is -1.68. The summed E-state index contributed by atoms with van der Waals surface area (Å²) in [6.45, 7) is -0.389. The van der Waals surface area contributed by atoms with E-state index in [0.717, 1.165) is 0 Å². The number of alkyl halides is 3. The van der Waals surface area contributed by atoms with Crippen LogP contribution < -0.4 is 5.32 Å². The Morgan fingerprint density at radius 2 is 2.10 bits per heavy atom. The lowest BCUT2D eigenvalue weighted by molar-refractivity contribution is -0.133. The number of nitrogens with one attached hydrogen (secondary N) is 1. The van der Waals surface area contributed by atoms with Gasteiger partial charge >= 0.3 is 6.16 Å². The predicted octanol–water partition coefficient (Wildman–Crippen LogP) is 2.92. The highest BCUT2D eigenvalue weighted by Gasteiger charge is 2.39. The van der Waals surface area contributed by atoms with E-state index in [1.165, 1.54) is 11.8 Å². The summed E-state index contributed by atoms with van der Waals surface area (Å²) in [5.41, 5.74) is 0. The highest BCUT2D eigenvalue weighted by atomic mass is 35.6. The number of rotatable bonds is 5. The van der Waals surface area contributed by atoms with Gasteiger partial charge in [0, 0.05) is 0 Å². The van der Waals surface area contributed by atoms with Crippen LogP contribution in [0.15, 0.2) is 0 Å². The number of hydrogen-bond acceptors (Lipinski definition) is 6. The third-order valence-electron chi connectivity index (χ3n) is 2.22. The minimum Gasteiger partial charge on any atom is -0.434 e. The van der Waals surface area contributed by atoms with Gasteiger partial charge < -0.3 is 14.8 Å². The van der Waals surface area contributed by atoms with Gasteiger partial charge in [-0.15, -0.1) is 12.6 Å². The van der Waals surface area contributed by atoms with Crippen LogP contribution in [0.1, 0.15) is 6.42 Å². The van der Waals surface area contributed by atoms with Crippen LogP contribution in [0.3, 0.4) is 0 Å². The fraction of sp³-hybridized carbons (Fsp3) is 0.667. The van der Waals surface area contributed by atoms with Crippen molar-refractivity contribution in [2.45, 2.75) is 15.6 Å². The number of thiocarbonyl (C=S) groups is 1. The molecule has 114 valence electrons. The van der Waals surface area contributed by atoms with E-state index in [4.69, 9.17) is 51.8 Å². The molecular weight excluding hydrogens is 389 g/mol. The normalized spacial score (nSPS) is 21.7. The molecule has 2 atom stereocenters. The van der Waals surface area contributed by atoms with Crippen molar-refractivity contribution >= 4 is 87.0 Å². The second-order valence-electron chi connectivity index (χ2n) is 3.71. The van der Waals surface area contributed by atoms with Crippen LogP contribution in [0.2, 0.25) is 0 Å². The first-order chi connectivity index (χ1) is 9.19. The van der Waals surface area contributed by atoms with Crippen LogP contribution in [0.5, 0.6) is 0 Å². The van der Waals surface area contributed by atoms with Gasteiger partial charge in [-0.05, 0) is 6.42 Å². The van der Waals surface area contributed by atoms with E-state index in [-0.39, 0.29) is 23.8 Å². The first kappa shape index (κ1) is 18.4. The molecule has 1 amide bonds. The molecule has 0 radical (unpaired) electrons. The molecule has 0 spiro atoms. The molecule has 1 saturated heterocycles. The zero-order valence-corrected chi connectivity index (χ0v) is 14.6. The Labute approximate surface area is 145 Å². The summed E-state index contributed by atoms with van der Waals surface area (Å²) in [5, 5.41) is 2.53. The molecule has 5 nitrogen and oxygen atoms in total. The average molecular weight is 399 g/mol. The second kappa shape index (κ2) is 8.14. The van der Waals surface area contributed by atoms with Crippen molar-refractivity contribution in [2.75, 3.05) is 13.2 Å². The largest absolute Gasteiger partial charge is 0.508 e. The number of carbonyl (C=O) groups is 2. The Kier molecular flexibility index (Phi) is 7.51. The monoisotopic (exact) mass is 397 g/mol. The summed E-state index contributed by atoms with van der Waals surface area (Å²) in [6.07, 6.45) is -0.604. The van der Waals surface area contributed by atoms with Crippen LogP contribution in [0, 0.1) is 5.92 Å². The zero-order chi connectivity index (χ0) is 15.3.